The molecule has 96 valence electrons. The third kappa shape index (κ3) is 2.98. The number of rotatable bonds is 4. The van der Waals surface area contributed by atoms with Gasteiger partial charge in [0.2, 0.25) is 0 Å². The van der Waals surface area contributed by atoms with Crippen molar-refractivity contribution < 1.29 is 19.1 Å². The summed E-state index contributed by atoms with van der Waals surface area (Å²) in [6.07, 6.45) is 0.647. The van der Waals surface area contributed by atoms with Crippen molar-refractivity contribution in [3.63, 3.8) is 0 Å². The molecule has 0 aliphatic carbocycles. The van der Waals surface area contributed by atoms with E-state index in [0.29, 0.717) is 23.2 Å². The van der Waals surface area contributed by atoms with E-state index in [1.54, 1.807) is 48.5 Å². The largest absolute Gasteiger partial charge is 0.497 e. The number of hydrogen-bond acceptors (Lipinski definition) is 4. The second kappa shape index (κ2) is 5.82. The number of aldehydes is 1. The Hall–Kier alpha value is -2.62. The summed E-state index contributed by atoms with van der Waals surface area (Å²) in [5.74, 6) is 0.275. The van der Waals surface area contributed by atoms with Crippen molar-refractivity contribution in [1.29, 1.82) is 0 Å². The average Bonchev–Trinajstić information content (AvgIpc) is 2.47. The Labute approximate surface area is 110 Å². The van der Waals surface area contributed by atoms with Gasteiger partial charge in [-0.25, -0.2) is 4.79 Å². The first kappa shape index (κ1) is 12.8. The Morgan fingerprint density at radius 2 is 1.89 bits per heavy atom. The van der Waals surface area contributed by atoms with Crippen LogP contribution >= 0.6 is 0 Å². The van der Waals surface area contributed by atoms with Crippen LogP contribution in [0.15, 0.2) is 48.5 Å². The second-order valence-corrected chi connectivity index (χ2v) is 3.78. The van der Waals surface area contributed by atoms with Crippen LogP contribution < -0.4 is 9.47 Å². The van der Waals surface area contributed by atoms with Crippen LogP contribution in [-0.4, -0.2) is 19.4 Å². The Morgan fingerprint density at radius 3 is 2.63 bits per heavy atom. The maximum Gasteiger partial charge on any atom is 0.343 e. The Kier molecular flexibility index (Phi) is 3.93. The van der Waals surface area contributed by atoms with Crippen molar-refractivity contribution in [2.24, 2.45) is 0 Å². The summed E-state index contributed by atoms with van der Waals surface area (Å²) in [4.78, 5) is 22.8. The third-order valence-corrected chi connectivity index (χ3v) is 2.55. The minimum absolute atomic E-state index is 0.241. The molecule has 0 atom stereocenters. The van der Waals surface area contributed by atoms with Gasteiger partial charge in [-0.15, -0.1) is 0 Å². The van der Waals surface area contributed by atoms with E-state index in [9.17, 15) is 9.59 Å². The molecule has 0 N–H and O–H groups in total. The quantitative estimate of drug-likeness (QED) is 0.479. The zero-order chi connectivity index (χ0) is 13.7. The van der Waals surface area contributed by atoms with E-state index in [2.05, 4.69) is 0 Å². The molecule has 0 amide bonds. The van der Waals surface area contributed by atoms with Crippen LogP contribution in [0, 0.1) is 0 Å². The molecule has 4 nitrogen and oxygen atoms in total. The van der Waals surface area contributed by atoms with Crippen LogP contribution in [0.25, 0.3) is 0 Å². The van der Waals surface area contributed by atoms with Crippen molar-refractivity contribution in [2.75, 3.05) is 7.11 Å². The minimum Gasteiger partial charge on any atom is -0.497 e. The monoisotopic (exact) mass is 256 g/mol. The summed E-state index contributed by atoms with van der Waals surface area (Å²) in [7, 11) is 1.52. The maximum atomic E-state index is 12.0. The van der Waals surface area contributed by atoms with Gasteiger partial charge in [-0.2, -0.15) is 0 Å². The summed E-state index contributed by atoms with van der Waals surface area (Å²) in [5.41, 5.74) is 0.693. The molecule has 0 spiro atoms. The number of esters is 1. The molecule has 19 heavy (non-hydrogen) atoms. The molecule has 2 rings (SSSR count). The zero-order valence-electron chi connectivity index (χ0n) is 10.3. The van der Waals surface area contributed by atoms with E-state index in [4.69, 9.17) is 9.47 Å². The number of hydrogen-bond donors (Lipinski definition) is 0. The molecule has 0 saturated heterocycles. The van der Waals surface area contributed by atoms with E-state index in [-0.39, 0.29) is 5.75 Å². The van der Waals surface area contributed by atoms with Gasteiger partial charge in [-0.05, 0) is 30.3 Å². The van der Waals surface area contributed by atoms with Crippen LogP contribution in [0.5, 0.6) is 11.5 Å². The fourth-order valence-corrected chi connectivity index (χ4v) is 1.58. The zero-order valence-corrected chi connectivity index (χ0v) is 10.3. The lowest BCUT2D eigenvalue weighted by atomic mass is 10.2. The van der Waals surface area contributed by atoms with Gasteiger partial charge < -0.3 is 9.47 Å². The lowest BCUT2D eigenvalue weighted by Gasteiger charge is -2.07. The molecular formula is C15H12O4. The summed E-state index contributed by atoms with van der Waals surface area (Å²) in [6, 6.07) is 13.2. The molecule has 0 saturated carbocycles. The maximum absolute atomic E-state index is 12.0. The van der Waals surface area contributed by atoms with Crippen molar-refractivity contribution in [1.82, 2.24) is 0 Å². The van der Waals surface area contributed by atoms with E-state index in [0.717, 1.165) is 0 Å². The molecule has 4 heteroatoms. The molecule has 0 heterocycles. The van der Waals surface area contributed by atoms with Gasteiger partial charge in [-0.1, -0.05) is 18.2 Å². The molecule has 0 fully saturated rings. The van der Waals surface area contributed by atoms with Crippen LogP contribution in [0.2, 0.25) is 0 Å². The van der Waals surface area contributed by atoms with Crippen LogP contribution in [0.3, 0.4) is 0 Å². The first-order valence-corrected chi connectivity index (χ1v) is 5.65. The highest BCUT2D eigenvalue weighted by atomic mass is 16.5. The van der Waals surface area contributed by atoms with Crippen molar-refractivity contribution in [3.8, 4) is 11.5 Å². The fraction of sp³-hybridized carbons (Fsp3) is 0.0667. The molecule has 0 aliphatic heterocycles. The molecule has 0 radical (unpaired) electrons. The topological polar surface area (TPSA) is 52.6 Å². The van der Waals surface area contributed by atoms with E-state index in [1.165, 1.54) is 7.11 Å². The normalized spacial score (nSPS) is 9.74. The molecule has 0 bridgehead atoms. The molecular weight excluding hydrogens is 244 g/mol. The Bertz CT molecular complexity index is 605. The van der Waals surface area contributed by atoms with Gasteiger partial charge in [-0.3, -0.25) is 4.79 Å². The van der Waals surface area contributed by atoms with Crippen LogP contribution in [-0.2, 0) is 0 Å². The van der Waals surface area contributed by atoms with Crippen molar-refractivity contribution >= 4 is 12.3 Å². The number of carbonyl (C=O) groups is 2. The number of methoxy groups -OCH3 is 1. The highest BCUT2D eigenvalue weighted by molar-refractivity contribution is 5.92. The molecule has 2 aromatic carbocycles. The third-order valence-electron chi connectivity index (χ3n) is 2.55. The van der Waals surface area contributed by atoms with Gasteiger partial charge in [0.15, 0.2) is 6.29 Å². The molecule has 0 unspecified atom stereocenters. The Morgan fingerprint density at radius 1 is 1.11 bits per heavy atom. The standard InChI is InChI=1S/C15H12O4/c1-18-13-7-4-6-11(9-13)15(17)19-14-8-3-2-5-12(14)10-16/h2-10H,1H3. The first-order valence-electron chi connectivity index (χ1n) is 5.65. The smallest absolute Gasteiger partial charge is 0.343 e. The van der Waals surface area contributed by atoms with E-state index < -0.39 is 5.97 Å². The highest BCUT2D eigenvalue weighted by Crippen LogP contribution is 2.19. The summed E-state index contributed by atoms with van der Waals surface area (Å²) in [6.45, 7) is 0. The SMILES string of the molecule is COc1cccc(C(=O)Oc2ccccc2C=O)c1. The van der Waals surface area contributed by atoms with Gasteiger partial charge in [0.1, 0.15) is 11.5 Å². The van der Waals surface area contributed by atoms with Crippen LogP contribution in [0.1, 0.15) is 20.7 Å². The first-order chi connectivity index (χ1) is 9.24. The van der Waals surface area contributed by atoms with Crippen LogP contribution in [0.4, 0.5) is 0 Å². The van der Waals surface area contributed by atoms with Gasteiger partial charge in [0.25, 0.3) is 0 Å². The molecule has 2 aromatic rings. The van der Waals surface area contributed by atoms with Crippen molar-refractivity contribution in [2.45, 2.75) is 0 Å². The number of ether oxygens (including phenoxy) is 2. The lowest BCUT2D eigenvalue weighted by Crippen LogP contribution is -2.09. The van der Waals surface area contributed by atoms with Gasteiger partial charge >= 0.3 is 5.97 Å². The highest BCUT2D eigenvalue weighted by Gasteiger charge is 2.11. The van der Waals surface area contributed by atoms with Gasteiger partial charge in [0, 0.05) is 0 Å². The van der Waals surface area contributed by atoms with E-state index in [1.807, 2.05) is 0 Å². The average molecular weight is 256 g/mol. The van der Waals surface area contributed by atoms with Crippen molar-refractivity contribution in [3.05, 3.63) is 59.7 Å². The van der Waals surface area contributed by atoms with Gasteiger partial charge in [0.05, 0.1) is 18.2 Å². The summed E-state index contributed by atoms with van der Waals surface area (Å²) < 4.78 is 10.2. The number of benzene rings is 2. The predicted octanol–water partition coefficient (Wildman–Crippen LogP) is 2.73. The summed E-state index contributed by atoms with van der Waals surface area (Å²) in [5, 5.41) is 0. The lowest BCUT2D eigenvalue weighted by molar-refractivity contribution is 0.0733. The molecule has 0 aromatic heterocycles. The second-order valence-electron chi connectivity index (χ2n) is 3.78. The molecule has 0 aliphatic rings. The number of para-hydroxylation sites is 1. The minimum atomic E-state index is -0.534. The predicted molar refractivity (Wildman–Crippen MR) is 69.8 cm³/mol. The van der Waals surface area contributed by atoms with E-state index >= 15 is 0 Å². The summed E-state index contributed by atoms with van der Waals surface area (Å²) >= 11 is 0. The fourth-order valence-electron chi connectivity index (χ4n) is 1.58. The Balaban J connectivity index is 2.23. The number of carbonyl (C=O) groups excluding carboxylic acids is 2.